The average Bonchev–Trinajstić information content (AvgIpc) is 2.66. The van der Waals surface area contributed by atoms with Crippen molar-refractivity contribution < 1.29 is 13.9 Å². The summed E-state index contributed by atoms with van der Waals surface area (Å²) in [6.07, 6.45) is 1.58. The number of nitrogens with one attached hydrogen (secondary N) is 1. The SMILES string of the molecule is O=C(COCCS)Cc1ccc2ncnc(Nc3cc(Cl)c(Cl)cc3F)c2c1. The van der Waals surface area contributed by atoms with Crippen molar-refractivity contribution in [1.29, 1.82) is 0 Å². The molecule has 1 N–H and O–H groups in total. The zero-order valence-corrected chi connectivity index (χ0v) is 17.0. The van der Waals surface area contributed by atoms with Gasteiger partial charge in [-0.2, -0.15) is 12.6 Å². The zero-order chi connectivity index (χ0) is 20.1. The molecule has 9 heteroatoms. The summed E-state index contributed by atoms with van der Waals surface area (Å²) in [7, 11) is 0. The third-order valence-electron chi connectivity index (χ3n) is 3.86. The molecule has 28 heavy (non-hydrogen) atoms. The minimum absolute atomic E-state index is 0.0312. The van der Waals surface area contributed by atoms with E-state index in [1.807, 2.05) is 6.07 Å². The molecule has 146 valence electrons. The number of halogens is 3. The van der Waals surface area contributed by atoms with Gasteiger partial charge in [0.2, 0.25) is 0 Å². The van der Waals surface area contributed by atoms with Crippen LogP contribution >= 0.6 is 35.8 Å². The maximum atomic E-state index is 14.2. The van der Waals surface area contributed by atoms with E-state index in [-0.39, 0.29) is 34.5 Å². The van der Waals surface area contributed by atoms with Gasteiger partial charge in [-0.25, -0.2) is 14.4 Å². The Morgan fingerprint density at radius 1 is 1.18 bits per heavy atom. The number of thiol groups is 1. The van der Waals surface area contributed by atoms with Gasteiger partial charge in [-0.3, -0.25) is 4.79 Å². The van der Waals surface area contributed by atoms with E-state index >= 15 is 0 Å². The Balaban J connectivity index is 1.87. The van der Waals surface area contributed by atoms with Gasteiger partial charge in [0.1, 0.15) is 24.6 Å². The average molecular weight is 440 g/mol. The molecule has 1 aromatic heterocycles. The Labute approximate surface area is 176 Å². The van der Waals surface area contributed by atoms with Crippen molar-refractivity contribution in [3.63, 3.8) is 0 Å². The number of rotatable bonds is 8. The van der Waals surface area contributed by atoms with Crippen molar-refractivity contribution >= 4 is 64.0 Å². The first-order valence-corrected chi connectivity index (χ1v) is 9.72. The topological polar surface area (TPSA) is 64.1 Å². The third kappa shape index (κ3) is 5.11. The van der Waals surface area contributed by atoms with Crippen LogP contribution in [0, 0.1) is 5.82 Å². The number of carbonyl (C=O) groups excluding carboxylic acids is 1. The fourth-order valence-corrected chi connectivity index (χ4v) is 3.03. The number of ether oxygens (including phenoxy) is 1. The molecule has 0 aliphatic rings. The van der Waals surface area contributed by atoms with Gasteiger partial charge in [0.25, 0.3) is 0 Å². The number of ketones is 1. The number of anilines is 2. The molecule has 0 saturated heterocycles. The third-order valence-corrected chi connectivity index (χ3v) is 4.77. The molecule has 0 radical (unpaired) electrons. The van der Waals surface area contributed by atoms with Crippen LogP contribution in [-0.4, -0.2) is 34.7 Å². The largest absolute Gasteiger partial charge is 0.373 e. The summed E-state index contributed by atoms with van der Waals surface area (Å²) in [6.45, 7) is 0.452. The number of hydrogen-bond donors (Lipinski definition) is 2. The van der Waals surface area contributed by atoms with Crippen molar-refractivity contribution in [3.05, 3.63) is 58.1 Å². The quantitative estimate of drug-likeness (QED) is 0.297. The highest BCUT2D eigenvalue weighted by molar-refractivity contribution is 7.80. The molecular formula is C19H16Cl2FN3O2S. The Morgan fingerprint density at radius 3 is 2.75 bits per heavy atom. The molecular weight excluding hydrogens is 424 g/mol. The van der Waals surface area contributed by atoms with Crippen LogP contribution in [0.3, 0.4) is 0 Å². The van der Waals surface area contributed by atoms with Gasteiger partial charge in [0.15, 0.2) is 5.78 Å². The highest BCUT2D eigenvalue weighted by atomic mass is 35.5. The molecule has 0 aliphatic carbocycles. The molecule has 3 aromatic rings. The van der Waals surface area contributed by atoms with E-state index in [1.54, 1.807) is 12.1 Å². The number of benzene rings is 2. The molecule has 0 fully saturated rings. The Kier molecular flexibility index (Phi) is 7.07. The van der Waals surface area contributed by atoms with Crippen molar-refractivity contribution in [2.24, 2.45) is 0 Å². The first-order chi connectivity index (χ1) is 13.5. The molecule has 0 spiro atoms. The van der Waals surface area contributed by atoms with E-state index in [9.17, 15) is 9.18 Å². The molecule has 0 aliphatic heterocycles. The summed E-state index contributed by atoms with van der Waals surface area (Å²) in [5.41, 5.74) is 1.57. The molecule has 0 atom stereocenters. The first kappa shape index (κ1) is 20.8. The van der Waals surface area contributed by atoms with Gasteiger partial charge in [0.05, 0.1) is 27.9 Å². The van der Waals surface area contributed by atoms with Gasteiger partial charge in [-0.15, -0.1) is 0 Å². The van der Waals surface area contributed by atoms with Crippen LogP contribution < -0.4 is 5.32 Å². The van der Waals surface area contributed by atoms with E-state index in [2.05, 4.69) is 27.9 Å². The summed E-state index contributed by atoms with van der Waals surface area (Å²) >= 11 is 15.8. The summed E-state index contributed by atoms with van der Waals surface area (Å²) in [6, 6.07) is 7.91. The van der Waals surface area contributed by atoms with Crippen LogP contribution in [-0.2, 0) is 16.0 Å². The predicted molar refractivity (Wildman–Crippen MR) is 113 cm³/mol. The minimum Gasteiger partial charge on any atom is -0.373 e. The smallest absolute Gasteiger partial charge is 0.162 e. The summed E-state index contributed by atoms with van der Waals surface area (Å²) < 4.78 is 19.4. The molecule has 0 unspecified atom stereocenters. The van der Waals surface area contributed by atoms with Gasteiger partial charge in [0, 0.05) is 17.6 Å². The second-order valence-electron chi connectivity index (χ2n) is 5.94. The Morgan fingerprint density at radius 2 is 1.96 bits per heavy atom. The lowest BCUT2D eigenvalue weighted by Gasteiger charge is -2.11. The molecule has 5 nitrogen and oxygen atoms in total. The molecule has 0 bridgehead atoms. The number of Topliss-reactive ketones (excluding diaryl/α,β-unsaturated/α-hetero) is 1. The van der Waals surface area contributed by atoms with Crippen molar-refractivity contribution in [1.82, 2.24) is 9.97 Å². The maximum absolute atomic E-state index is 14.2. The normalized spacial score (nSPS) is 11.0. The van der Waals surface area contributed by atoms with Crippen molar-refractivity contribution in [2.75, 3.05) is 24.3 Å². The van der Waals surface area contributed by atoms with Crippen LogP contribution in [0.1, 0.15) is 5.56 Å². The van der Waals surface area contributed by atoms with Gasteiger partial charge in [-0.1, -0.05) is 29.3 Å². The summed E-state index contributed by atoms with van der Waals surface area (Å²) in [5.74, 6) is 0.334. The highest BCUT2D eigenvalue weighted by Gasteiger charge is 2.12. The first-order valence-electron chi connectivity index (χ1n) is 8.33. The van der Waals surface area contributed by atoms with Crippen LogP contribution in [0.25, 0.3) is 10.9 Å². The van der Waals surface area contributed by atoms with Crippen molar-refractivity contribution in [2.45, 2.75) is 6.42 Å². The van der Waals surface area contributed by atoms with E-state index in [0.29, 0.717) is 29.1 Å². The second kappa shape index (κ2) is 9.52. The lowest BCUT2D eigenvalue weighted by atomic mass is 10.1. The van der Waals surface area contributed by atoms with Gasteiger partial charge in [-0.05, 0) is 29.8 Å². The number of nitrogens with zero attached hydrogens (tertiary/aromatic N) is 2. The molecule has 0 amide bonds. The minimum atomic E-state index is -0.561. The molecule has 0 saturated carbocycles. The number of aromatic nitrogens is 2. The monoisotopic (exact) mass is 439 g/mol. The number of hydrogen-bond acceptors (Lipinski definition) is 6. The van der Waals surface area contributed by atoms with Crippen LogP contribution in [0.2, 0.25) is 10.0 Å². The van der Waals surface area contributed by atoms with Crippen molar-refractivity contribution in [3.8, 4) is 0 Å². The van der Waals surface area contributed by atoms with Crippen LogP contribution in [0.5, 0.6) is 0 Å². The summed E-state index contributed by atoms with van der Waals surface area (Å²) in [5, 5.41) is 3.91. The van der Waals surface area contributed by atoms with E-state index in [0.717, 1.165) is 11.6 Å². The Bertz CT molecular complexity index is 1020. The lowest BCUT2D eigenvalue weighted by molar-refractivity contribution is -0.122. The fraction of sp³-hybridized carbons (Fsp3) is 0.211. The van der Waals surface area contributed by atoms with Crippen LogP contribution in [0.15, 0.2) is 36.7 Å². The standard InChI is InChI=1S/C19H16Cl2FN3O2S/c20-14-7-16(22)18(8-15(14)21)25-19-13-6-11(1-2-17(13)23-10-24-19)5-12(26)9-27-3-4-28/h1-2,6-8,10,28H,3-5,9H2,(H,23,24,25). The predicted octanol–water partition coefficient (Wildman–Crippen LogP) is 4.88. The zero-order valence-electron chi connectivity index (χ0n) is 14.6. The Hall–Kier alpha value is -1.93. The number of carbonyl (C=O) groups is 1. The van der Waals surface area contributed by atoms with Gasteiger partial charge < -0.3 is 10.1 Å². The van der Waals surface area contributed by atoms with Gasteiger partial charge >= 0.3 is 0 Å². The van der Waals surface area contributed by atoms with E-state index in [4.69, 9.17) is 27.9 Å². The molecule has 1 heterocycles. The summed E-state index contributed by atoms with van der Waals surface area (Å²) in [4.78, 5) is 20.4. The molecule has 3 rings (SSSR count). The fourth-order valence-electron chi connectivity index (χ4n) is 2.59. The van der Waals surface area contributed by atoms with E-state index in [1.165, 1.54) is 12.4 Å². The second-order valence-corrected chi connectivity index (χ2v) is 7.20. The maximum Gasteiger partial charge on any atom is 0.162 e. The van der Waals surface area contributed by atoms with E-state index < -0.39 is 5.82 Å². The van der Waals surface area contributed by atoms with Crippen LogP contribution in [0.4, 0.5) is 15.9 Å². The number of fused-ring (bicyclic) bond motifs is 1. The highest BCUT2D eigenvalue weighted by Crippen LogP contribution is 2.31. The molecule has 2 aromatic carbocycles. The lowest BCUT2D eigenvalue weighted by Crippen LogP contribution is -2.12.